The molecule has 0 amide bonds. The Morgan fingerprint density at radius 3 is 2.63 bits per heavy atom. The highest BCUT2D eigenvalue weighted by atomic mass is 79.9. The molecule has 1 aromatic heterocycles. The van der Waals surface area contributed by atoms with Gasteiger partial charge >= 0.3 is 0 Å². The lowest BCUT2D eigenvalue weighted by Crippen LogP contribution is -3.00. The molecular formula is C13H10BrCl2N3. The van der Waals surface area contributed by atoms with Crippen molar-refractivity contribution in [3.63, 3.8) is 0 Å². The number of hydrogen-bond donors (Lipinski definition) is 1. The van der Waals surface area contributed by atoms with Crippen LogP contribution in [0.15, 0.2) is 36.5 Å². The first-order chi connectivity index (χ1) is 8.66. The van der Waals surface area contributed by atoms with Gasteiger partial charge in [0.05, 0.1) is 17.1 Å². The number of hydrogen-bond acceptors (Lipinski definition) is 2. The van der Waals surface area contributed by atoms with E-state index in [1.807, 2.05) is 28.8 Å². The fourth-order valence-electron chi connectivity index (χ4n) is 2.10. The van der Waals surface area contributed by atoms with E-state index < -0.39 is 0 Å². The van der Waals surface area contributed by atoms with E-state index in [-0.39, 0.29) is 17.0 Å². The molecule has 3 nitrogen and oxygen atoms in total. The van der Waals surface area contributed by atoms with Gasteiger partial charge in [-0.2, -0.15) is 0 Å². The number of halogens is 3. The molecule has 0 spiro atoms. The Labute approximate surface area is 131 Å². The Bertz CT molecular complexity index is 671. The highest BCUT2D eigenvalue weighted by Gasteiger charge is 2.26. The summed E-state index contributed by atoms with van der Waals surface area (Å²) < 4.78 is 1.89. The summed E-state index contributed by atoms with van der Waals surface area (Å²) in [5.74, 6) is 1.30. The monoisotopic (exact) mass is 357 g/mol. The second-order valence-electron chi connectivity index (χ2n) is 4.09. The number of benzene rings is 1. The first-order valence-electron chi connectivity index (χ1n) is 5.46. The highest BCUT2D eigenvalue weighted by molar-refractivity contribution is 6.35. The van der Waals surface area contributed by atoms with E-state index in [0.717, 1.165) is 5.56 Å². The molecule has 6 heteroatoms. The number of fused-ring (bicyclic) bond motifs is 1. The fourth-order valence-corrected chi connectivity index (χ4v) is 2.59. The van der Waals surface area contributed by atoms with E-state index >= 15 is 0 Å². The maximum atomic E-state index is 6.16. The van der Waals surface area contributed by atoms with Gasteiger partial charge in [0.2, 0.25) is 5.84 Å². The summed E-state index contributed by atoms with van der Waals surface area (Å²) in [6.07, 6.45) is 1.57. The molecule has 0 fully saturated rings. The number of aromatic nitrogens is 1. The van der Waals surface area contributed by atoms with Crippen molar-refractivity contribution in [2.75, 3.05) is 0 Å². The molecule has 1 aliphatic heterocycles. The molecule has 1 aromatic carbocycles. The third-order valence-electron chi connectivity index (χ3n) is 2.96. The number of rotatable bonds is 1. The van der Waals surface area contributed by atoms with Gasteiger partial charge in [-0.1, -0.05) is 41.4 Å². The molecule has 3 rings (SSSR count). The van der Waals surface area contributed by atoms with E-state index in [4.69, 9.17) is 28.9 Å². The van der Waals surface area contributed by atoms with Crippen LogP contribution in [-0.4, -0.2) is 15.4 Å². The zero-order chi connectivity index (χ0) is 12.7. The van der Waals surface area contributed by atoms with Gasteiger partial charge in [0.25, 0.3) is 5.82 Å². The van der Waals surface area contributed by atoms with Crippen LogP contribution in [0.25, 0.3) is 0 Å². The highest BCUT2D eigenvalue weighted by Crippen LogP contribution is 2.29. The number of amidine groups is 1. The Hall–Kier alpha value is -1.10. The molecule has 2 N–H and O–H groups in total. The van der Waals surface area contributed by atoms with Crippen LogP contribution in [0.2, 0.25) is 10.0 Å². The number of nitrogens with two attached hydrogens (primary N) is 1. The van der Waals surface area contributed by atoms with Gasteiger partial charge in [0.15, 0.2) is 0 Å². The van der Waals surface area contributed by atoms with E-state index in [1.165, 1.54) is 5.56 Å². The summed E-state index contributed by atoms with van der Waals surface area (Å²) in [5.41, 5.74) is 8.34. The first kappa shape index (κ1) is 14.3. The van der Waals surface area contributed by atoms with Gasteiger partial charge in [0.1, 0.15) is 11.2 Å². The van der Waals surface area contributed by atoms with Crippen molar-refractivity contribution in [2.45, 2.75) is 6.54 Å². The van der Waals surface area contributed by atoms with Crippen molar-refractivity contribution >= 4 is 34.9 Å². The zero-order valence-corrected chi connectivity index (χ0v) is 12.9. The van der Waals surface area contributed by atoms with Crippen LogP contribution >= 0.6 is 23.2 Å². The topological polar surface area (TPSA) is 41.9 Å². The maximum absolute atomic E-state index is 6.16. The van der Waals surface area contributed by atoms with Crippen LogP contribution in [0.5, 0.6) is 0 Å². The summed E-state index contributed by atoms with van der Waals surface area (Å²) in [5, 5.41) is 1.01. The van der Waals surface area contributed by atoms with Gasteiger partial charge in [0, 0.05) is 5.56 Å². The lowest BCUT2D eigenvalue weighted by atomic mass is 10.1. The summed E-state index contributed by atoms with van der Waals surface area (Å²) >= 11 is 12.0. The summed E-state index contributed by atoms with van der Waals surface area (Å²) in [4.78, 5) is 4.25. The predicted molar refractivity (Wildman–Crippen MR) is 72.6 cm³/mol. The van der Waals surface area contributed by atoms with Gasteiger partial charge in [-0.15, -0.1) is 4.98 Å². The average molecular weight is 359 g/mol. The Balaban J connectivity index is 0.00000133. The standard InChI is InChI=1S/C13H9Cl2N3.BrH/c14-9-5-11(15)13(17-6-9)18-7-8-3-1-2-4-10(8)12(18)16;/h1-6,16H,7H2;1H. The third-order valence-corrected chi connectivity index (χ3v) is 3.44. The molecule has 0 atom stereocenters. The molecule has 0 radical (unpaired) electrons. The molecule has 0 bridgehead atoms. The van der Waals surface area contributed by atoms with Crippen LogP contribution in [0.4, 0.5) is 5.82 Å². The van der Waals surface area contributed by atoms with Crippen LogP contribution in [0, 0.1) is 0 Å². The predicted octanol–water partition coefficient (Wildman–Crippen LogP) is -0.0445. The van der Waals surface area contributed by atoms with E-state index in [9.17, 15) is 0 Å². The quantitative estimate of drug-likeness (QED) is 0.726. The van der Waals surface area contributed by atoms with Crippen molar-refractivity contribution in [3.8, 4) is 0 Å². The molecule has 0 aliphatic carbocycles. The number of nitrogens with zero attached hydrogens (tertiary/aromatic N) is 2. The zero-order valence-electron chi connectivity index (χ0n) is 9.78. The normalized spacial score (nSPS) is 13.2. The van der Waals surface area contributed by atoms with E-state index in [1.54, 1.807) is 12.3 Å². The molecule has 0 saturated heterocycles. The Morgan fingerprint density at radius 1 is 1.21 bits per heavy atom. The lowest BCUT2D eigenvalue weighted by Gasteiger charge is -2.02. The summed E-state index contributed by atoms with van der Waals surface area (Å²) in [6, 6.07) is 9.67. The van der Waals surface area contributed by atoms with Gasteiger partial charge in [-0.25, -0.2) is 4.58 Å². The van der Waals surface area contributed by atoms with Crippen molar-refractivity contribution in [3.05, 3.63) is 57.7 Å². The Kier molecular flexibility index (Phi) is 4.13. The van der Waals surface area contributed by atoms with Gasteiger partial charge in [-0.05, 0) is 12.1 Å². The van der Waals surface area contributed by atoms with Gasteiger partial charge < -0.3 is 22.7 Å². The molecule has 98 valence electrons. The van der Waals surface area contributed by atoms with Crippen LogP contribution in [-0.2, 0) is 6.54 Å². The van der Waals surface area contributed by atoms with Crippen molar-refractivity contribution in [1.82, 2.24) is 4.98 Å². The minimum Gasteiger partial charge on any atom is -1.00 e. The van der Waals surface area contributed by atoms with Crippen molar-refractivity contribution < 1.29 is 21.6 Å². The number of pyridine rings is 1. The summed E-state index contributed by atoms with van der Waals surface area (Å²) in [7, 11) is 0. The van der Waals surface area contributed by atoms with E-state index in [0.29, 0.717) is 28.2 Å². The molecular weight excluding hydrogens is 349 g/mol. The second kappa shape index (κ2) is 5.49. The average Bonchev–Trinajstić information content (AvgIpc) is 2.68. The molecule has 19 heavy (non-hydrogen) atoms. The third kappa shape index (κ3) is 2.48. The maximum Gasteiger partial charge on any atom is 0.281 e. The molecule has 0 unspecified atom stereocenters. The minimum absolute atomic E-state index is 0. The second-order valence-corrected chi connectivity index (χ2v) is 4.93. The molecule has 0 saturated carbocycles. The Morgan fingerprint density at radius 2 is 1.95 bits per heavy atom. The smallest absolute Gasteiger partial charge is 0.281 e. The van der Waals surface area contributed by atoms with Crippen molar-refractivity contribution in [1.29, 1.82) is 0 Å². The molecule has 1 aliphatic rings. The molecule has 2 aromatic rings. The fraction of sp³-hybridized carbons (Fsp3) is 0.0769. The minimum atomic E-state index is 0. The van der Waals surface area contributed by atoms with E-state index in [2.05, 4.69) is 4.98 Å². The summed E-state index contributed by atoms with van der Waals surface area (Å²) in [6.45, 7) is 0.677. The van der Waals surface area contributed by atoms with Crippen molar-refractivity contribution in [2.24, 2.45) is 5.73 Å². The van der Waals surface area contributed by atoms with Gasteiger partial charge in [-0.3, -0.25) is 0 Å². The first-order valence-corrected chi connectivity index (χ1v) is 6.21. The lowest BCUT2D eigenvalue weighted by molar-refractivity contribution is -0.457. The van der Waals surface area contributed by atoms with Crippen LogP contribution in [0.1, 0.15) is 11.1 Å². The van der Waals surface area contributed by atoms with Crippen LogP contribution in [0.3, 0.4) is 0 Å². The van der Waals surface area contributed by atoms with Crippen LogP contribution < -0.4 is 22.7 Å². The SMILES string of the molecule is NC1=[N+](c2ncc(Cl)cc2Cl)Cc2ccccc21.[Br-]. The largest absolute Gasteiger partial charge is 1.00 e. The molecule has 2 heterocycles.